The lowest BCUT2D eigenvalue weighted by Gasteiger charge is -2.37. The number of amides is 2. The van der Waals surface area contributed by atoms with Gasteiger partial charge in [-0.1, -0.05) is 12.1 Å². The van der Waals surface area contributed by atoms with Crippen LogP contribution < -0.4 is 10.2 Å². The molecule has 0 aliphatic carbocycles. The lowest BCUT2D eigenvalue weighted by Crippen LogP contribution is -2.53. The molecule has 2 aliphatic rings. The first kappa shape index (κ1) is 26.9. The van der Waals surface area contributed by atoms with Crippen molar-refractivity contribution >= 4 is 23.3 Å². The van der Waals surface area contributed by atoms with E-state index in [0.29, 0.717) is 42.3 Å². The highest BCUT2D eigenvalue weighted by molar-refractivity contribution is 5.95. The molecule has 1 N–H and O–H groups in total. The van der Waals surface area contributed by atoms with Crippen LogP contribution in [0, 0.1) is 0 Å². The number of likely N-dealkylation sites (N-methyl/N-ethyl adjacent to an activating group) is 1. The Morgan fingerprint density at radius 1 is 0.973 bits per heavy atom. The van der Waals surface area contributed by atoms with Gasteiger partial charge in [0, 0.05) is 56.6 Å². The average Bonchev–Trinajstić information content (AvgIpc) is 3.22. The molecule has 2 aliphatic heterocycles. The minimum atomic E-state index is -5.04. The summed E-state index contributed by atoms with van der Waals surface area (Å²) in [6, 6.07) is 9.04. The van der Waals surface area contributed by atoms with Gasteiger partial charge in [0.15, 0.2) is 0 Å². The maximum atomic E-state index is 13.3. The van der Waals surface area contributed by atoms with Crippen LogP contribution >= 0.6 is 0 Å². The summed E-state index contributed by atoms with van der Waals surface area (Å²) in [5.41, 5.74) is 2.61. The Morgan fingerprint density at radius 3 is 2.16 bits per heavy atom. The highest BCUT2D eigenvalue weighted by Crippen LogP contribution is 2.26. The summed E-state index contributed by atoms with van der Waals surface area (Å²) >= 11 is 0. The fraction of sp³-hybridized carbons (Fsp3) is 0.560. The number of hydrogen-bond acceptors (Lipinski definition) is 6. The van der Waals surface area contributed by atoms with Gasteiger partial charge in [-0.15, -0.1) is 0 Å². The highest BCUT2D eigenvalue weighted by atomic mass is 19.4. The second-order valence-corrected chi connectivity index (χ2v) is 9.89. The van der Waals surface area contributed by atoms with Crippen molar-refractivity contribution in [2.75, 3.05) is 70.1 Å². The first-order valence-corrected chi connectivity index (χ1v) is 12.5. The maximum absolute atomic E-state index is 13.3. The summed E-state index contributed by atoms with van der Waals surface area (Å²) in [5, 5.41) is 7.08. The molecule has 202 valence electrons. The van der Waals surface area contributed by atoms with E-state index in [9.17, 15) is 22.8 Å². The van der Waals surface area contributed by atoms with Crippen molar-refractivity contribution in [2.24, 2.45) is 7.05 Å². The Bertz CT molecular complexity index is 1090. The number of nitrogens with one attached hydrogen (secondary N) is 1. The van der Waals surface area contributed by atoms with Crippen LogP contribution in [0.4, 0.5) is 24.7 Å². The quantitative estimate of drug-likeness (QED) is 0.629. The number of anilines is 2. The molecule has 1 aromatic heterocycles. The minimum Gasteiger partial charge on any atom is -0.369 e. The second-order valence-electron chi connectivity index (χ2n) is 9.89. The van der Waals surface area contributed by atoms with Gasteiger partial charge < -0.3 is 24.9 Å². The van der Waals surface area contributed by atoms with Crippen molar-refractivity contribution in [1.82, 2.24) is 24.5 Å². The number of halogens is 3. The average molecular weight is 522 g/mol. The number of likely N-dealkylation sites (tertiary alicyclic amines) is 1. The van der Waals surface area contributed by atoms with Crippen LogP contribution in [0.2, 0.25) is 0 Å². The van der Waals surface area contributed by atoms with Gasteiger partial charge in [-0.05, 0) is 52.2 Å². The van der Waals surface area contributed by atoms with E-state index in [2.05, 4.69) is 27.3 Å². The van der Waals surface area contributed by atoms with Crippen LogP contribution in [-0.4, -0.2) is 108 Å². The van der Waals surface area contributed by atoms with E-state index in [4.69, 9.17) is 0 Å². The minimum absolute atomic E-state index is 0.339. The smallest absolute Gasteiger partial charge is 0.369 e. The number of carbonyl (C=O) groups excluding carboxylic acids is 2. The monoisotopic (exact) mass is 521 g/mol. The number of alkyl halides is 3. The molecule has 37 heavy (non-hydrogen) atoms. The van der Waals surface area contributed by atoms with E-state index in [0.717, 1.165) is 37.4 Å². The van der Waals surface area contributed by atoms with Gasteiger partial charge in [-0.3, -0.25) is 14.3 Å². The molecule has 0 bridgehead atoms. The first-order chi connectivity index (χ1) is 17.5. The van der Waals surface area contributed by atoms with Crippen molar-refractivity contribution in [3.8, 4) is 11.3 Å². The predicted molar refractivity (Wildman–Crippen MR) is 135 cm³/mol. The zero-order valence-corrected chi connectivity index (χ0v) is 21.5. The maximum Gasteiger partial charge on any atom is 0.471 e. The van der Waals surface area contributed by atoms with Gasteiger partial charge in [-0.2, -0.15) is 18.3 Å². The molecular formula is C25H34F3N7O2. The number of piperazine rings is 1. The third-order valence-corrected chi connectivity index (χ3v) is 7.12. The number of hydrogen-bond donors (Lipinski definition) is 1. The van der Waals surface area contributed by atoms with Gasteiger partial charge >= 0.3 is 12.1 Å². The largest absolute Gasteiger partial charge is 0.471 e. The molecule has 0 spiro atoms. The topological polar surface area (TPSA) is 77.0 Å². The molecule has 4 rings (SSSR count). The molecule has 3 heterocycles. The number of piperidine rings is 1. The van der Waals surface area contributed by atoms with Crippen LogP contribution in [0.15, 0.2) is 30.3 Å². The zero-order valence-electron chi connectivity index (χ0n) is 21.5. The number of aryl methyl sites for hydroxylation is 1. The van der Waals surface area contributed by atoms with Crippen LogP contribution in [0.25, 0.3) is 11.3 Å². The third kappa shape index (κ3) is 6.61. The molecule has 0 saturated carbocycles. The van der Waals surface area contributed by atoms with Crippen LogP contribution in [0.1, 0.15) is 12.8 Å². The normalized spacial score (nSPS) is 18.2. The van der Waals surface area contributed by atoms with Gasteiger partial charge in [0.25, 0.3) is 0 Å². The highest BCUT2D eigenvalue weighted by Gasteiger charge is 2.45. The first-order valence-electron chi connectivity index (χ1n) is 12.5. The van der Waals surface area contributed by atoms with Crippen LogP contribution in [0.5, 0.6) is 0 Å². The van der Waals surface area contributed by atoms with Gasteiger partial charge in [0.2, 0.25) is 5.91 Å². The molecule has 12 heteroatoms. The van der Waals surface area contributed by atoms with E-state index in [1.54, 1.807) is 13.1 Å². The Morgan fingerprint density at radius 2 is 1.57 bits per heavy atom. The number of nitrogens with zero attached hydrogens (tertiary/aromatic N) is 6. The standard InChI is InChI=1S/C25H34F3N7O2/c1-31-10-8-20(9-11-31)35(24(37)25(26,27)28)17-23(36)29-22-16-21(30-33(22)3)18-4-6-19(7-5-18)34-14-12-32(2)13-15-34/h4-7,16,20H,8-15,17H2,1-3H3,(H,29,36). The molecule has 2 aromatic rings. The second kappa shape index (κ2) is 11.1. The van der Waals surface area contributed by atoms with Crippen LogP contribution in [-0.2, 0) is 16.6 Å². The summed E-state index contributed by atoms with van der Waals surface area (Å²) in [4.78, 5) is 32.2. The molecule has 0 radical (unpaired) electrons. The Labute approximate surface area is 214 Å². The van der Waals surface area contributed by atoms with Crippen molar-refractivity contribution in [3.05, 3.63) is 30.3 Å². The van der Waals surface area contributed by atoms with E-state index in [1.165, 1.54) is 4.68 Å². The molecule has 0 unspecified atom stereocenters. The predicted octanol–water partition coefficient (Wildman–Crippen LogP) is 2.26. The molecular weight excluding hydrogens is 487 g/mol. The van der Waals surface area contributed by atoms with Gasteiger partial charge in [0.1, 0.15) is 12.4 Å². The summed E-state index contributed by atoms with van der Waals surface area (Å²) in [5.74, 6) is -2.34. The fourth-order valence-electron chi connectivity index (χ4n) is 4.81. The van der Waals surface area contributed by atoms with E-state index in [-0.39, 0.29) is 0 Å². The SMILES string of the molecule is CN1CCC(N(CC(=O)Nc2cc(-c3ccc(N4CCN(C)CC4)cc3)nn2C)C(=O)C(F)(F)F)CC1. The number of aromatic nitrogens is 2. The number of carbonyl (C=O) groups is 2. The Balaban J connectivity index is 1.42. The Kier molecular flexibility index (Phi) is 8.08. The number of rotatable bonds is 6. The molecule has 2 amide bonds. The van der Waals surface area contributed by atoms with Crippen molar-refractivity contribution in [1.29, 1.82) is 0 Å². The fourth-order valence-corrected chi connectivity index (χ4v) is 4.81. The van der Waals surface area contributed by atoms with Gasteiger partial charge in [0.05, 0.1) is 5.69 Å². The lowest BCUT2D eigenvalue weighted by molar-refractivity contribution is -0.188. The Hall–Kier alpha value is -3.12. The summed E-state index contributed by atoms with van der Waals surface area (Å²) in [7, 11) is 5.63. The molecule has 9 nitrogen and oxygen atoms in total. The zero-order chi connectivity index (χ0) is 26.7. The van der Waals surface area contributed by atoms with Crippen molar-refractivity contribution in [2.45, 2.75) is 25.1 Å². The van der Waals surface area contributed by atoms with Crippen LogP contribution in [0.3, 0.4) is 0 Å². The molecule has 2 saturated heterocycles. The molecule has 0 atom stereocenters. The number of benzene rings is 1. The van der Waals surface area contributed by atoms with E-state index >= 15 is 0 Å². The third-order valence-electron chi connectivity index (χ3n) is 7.12. The summed E-state index contributed by atoms with van der Waals surface area (Å²) in [6.07, 6.45) is -4.28. The lowest BCUT2D eigenvalue weighted by atomic mass is 10.0. The summed E-state index contributed by atoms with van der Waals surface area (Å²) < 4.78 is 41.3. The van der Waals surface area contributed by atoms with Crippen molar-refractivity contribution in [3.63, 3.8) is 0 Å². The van der Waals surface area contributed by atoms with Crippen molar-refractivity contribution < 1.29 is 22.8 Å². The van der Waals surface area contributed by atoms with Gasteiger partial charge in [-0.25, -0.2) is 0 Å². The molecule has 2 fully saturated rings. The van der Waals surface area contributed by atoms with E-state index in [1.807, 2.05) is 36.2 Å². The molecule has 1 aromatic carbocycles. The summed E-state index contributed by atoms with van der Waals surface area (Å²) in [6.45, 7) is 4.39. The van der Waals surface area contributed by atoms with E-state index < -0.39 is 30.6 Å².